The van der Waals surface area contributed by atoms with Crippen molar-refractivity contribution in [2.45, 2.75) is 57.5 Å². The van der Waals surface area contributed by atoms with E-state index in [-0.39, 0.29) is 0 Å². The Balaban J connectivity index is 1.62. The van der Waals surface area contributed by atoms with E-state index in [9.17, 15) is 0 Å². The first-order valence-corrected chi connectivity index (χ1v) is 7.95. The number of hydrogen-bond donors (Lipinski definition) is 1. The molecule has 1 aliphatic heterocycles. The molecule has 2 unspecified atom stereocenters. The molecule has 2 rings (SSSR count). The van der Waals surface area contributed by atoms with E-state index in [0.717, 1.165) is 12.1 Å². The van der Waals surface area contributed by atoms with Crippen LogP contribution in [0.4, 0.5) is 0 Å². The summed E-state index contributed by atoms with van der Waals surface area (Å²) in [5.41, 5.74) is 0. The summed E-state index contributed by atoms with van der Waals surface area (Å²) in [5, 5.41) is 3.68. The Labute approximate surface area is 113 Å². The van der Waals surface area contributed by atoms with Crippen molar-refractivity contribution in [3.8, 4) is 0 Å². The maximum Gasteiger partial charge on any atom is 0.0109 e. The Morgan fingerprint density at radius 3 is 2.72 bits per heavy atom. The third-order valence-electron chi connectivity index (χ3n) is 4.68. The van der Waals surface area contributed by atoms with Crippen LogP contribution in [0.5, 0.6) is 0 Å². The Morgan fingerprint density at radius 2 is 2.00 bits per heavy atom. The van der Waals surface area contributed by atoms with Gasteiger partial charge in [0.05, 0.1) is 0 Å². The van der Waals surface area contributed by atoms with Crippen LogP contribution >= 0.6 is 0 Å². The zero-order chi connectivity index (χ0) is 12.8. The molecule has 0 aromatic carbocycles. The molecule has 0 bridgehead atoms. The average molecular weight is 253 g/mol. The van der Waals surface area contributed by atoms with E-state index >= 15 is 0 Å². The van der Waals surface area contributed by atoms with Crippen LogP contribution in [0.25, 0.3) is 0 Å². The van der Waals surface area contributed by atoms with Crippen LogP contribution in [0.2, 0.25) is 0 Å². The molecule has 0 spiro atoms. The molecule has 1 heterocycles. The van der Waals surface area contributed by atoms with Crippen molar-refractivity contribution >= 4 is 0 Å². The number of likely N-dealkylation sites (N-methyl/N-ethyl adjacent to an activating group) is 1. The standard InChI is InChI=1S/C15H31N3/c1-3-8-16-14-6-7-15(13-14)17(2)11-12-18-9-4-5-10-18/h14-16H,3-13H2,1-2H3. The number of nitrogens with zero attached hydrogens (tertiary/aromatic N) is 2. The molecule has 0 aromatic rings. The molecule has 3 nitrogen and oxygen atoms in total. The second-order valence-electron chi connectivity index (χ2n) is 6.15. The van der Waals surface area contributed by atoms with Gasteiger partial charge in [0.15, 0.2) is 0 Å². The van der Waals surface area contributed by atoms with Crippen LogP contribution in [0.15, 0.2) is 0 Å². The Hall–Kier alpha value is -0.120. The molecule has 2 atom stereocenters. The molecule has 0 radical (unpaired) electrons. The van der Waals surface area contributed by atoms with Gasteiger partial charge in [0, 0.05) is 25.2 Å². The topological polar surface area (TPSA) is 18.5 Å². The molecule has 0 amide bonds. The average Bonchev–Trinajstić information content (AvgIpc) is 3.04. The normalized spacial score (nSPS) is 29.5. The lowest BCUT2D eigenvalue weighted by Crippen LogP contribution is -2.38. The van der Waals surface area contributed by atoms with E-state index in [1.54, 1.807) is 0 Å². The Morgan fingerprint density at radius 1 is 1.22 bits per heavy atom. The molecule has 1 saturated heterocycles. The lowest BCUT2D eigenvalue weighted by atomic mass is 10.2. The van der Waals surface area contributed by atoms with E-state index in [1.165, 1.54) is 71.2 Å². The van der Waals surface area contributed by atoms with Gasteiger partial charge in [0.25, 0.3) is 0 Å². The Kier molecular flexibility index (Phi) is 5.93. The molecule has 1 aliphatic carbocycles. The highest BCUT2D eigenvalue weighted by atomic mass is 15.2. The predicted molar refractivity (Wildman–Crippen MR) is 78.0 cm³/mol. The van der Waals surface area contributed by atoms with E-state index in [2.05, 4.69) is 29.1 Å². The predicted octanol–water partition coefficient (Wildman–Crippen LogP) is 1.93. The van der Waals surface area contributed by atoms with Crippen molar-refractivity contribution in [2.75, 3.05) is 39.8 Å². The second kappa shape index (κ2) is 7.46. The molecule has 1 saturated carbocycles. The van der Waals surface area contributed by atoms with Crippen molar-refractivity contribution in [2.24, 2.45) is 0 Å². The summed E-state index contributed by atoms with van der Waals surface area (Å²) in [4.78, 5) is 5.23. The fourth-order valence-electron chi connectivity index (χ4n) is 3.38. The van der Waals surface area contributed by atoms with Gasteiger partial charge in [-0.1, -0.05) is 6.92 Å². The van der Waals surface area contributed by atoms with Crippen LogP contribution in [-0.2, 0) is 0 Å². The largest absolute Gasteiger partial charge is 0.314 e. The van der Waals surface area contributed by atoms with Crippen molar-refractivity contribution < 1.29 is 0 Å². The highest BCUT2D eigenvalue weighted by Gasteiger charge is 2.27. The minimum atomic E-state index is 0.782. The maximum absolute atomic E-state index is 3.68. The number of rotatable bonds is 7. The van der Waals surface area contributed by atoms with Crippen molar-refractivity contribution in [3.63, 3.8) is 0 Å². The third-order valence-corrected chi connectivity index (χ3v) is 4.68. The van der Waals surface area contributed by atoms with Gasteiger partial charge in [-0.15, -0.1) is 0 Å². The van der Waals surface area contributed by atoms with Gasteiger partial charge in [-0.3, -0.25) is 0 Å². The van der Waals surface area contributed by atoms with Gasteiger partial charge in [-0.2, -0.15) is 0 Å². The van der Waals surface area contributed by atoms with Gasteiger partial charge in [0.2, 0.25) is 0 Å². The third kappa shape index (κ3) is 4.22. The maximum atomic E-state index is 3.68. The molecular formula is C15H31N3. The van der Waals surface area contributed by atoms with Crippen molar-refractivity contribution in [1.29, 1.82) is 0 Å². The highest BCUT2D eigenvalue weighted by molar-refractivity contribution is 4.86. The Bertz CT molecular complexity index is 226. The summed E-state index contributed by atoms with van der Waals surface area (Å²) in [6.45, 7) is 8.64. The fourth-order valence-corrected chi connectivity index (χ4v) is 3.38. The van der Waals surface area contributed by atoms with E-state index in [0.29, 0.717) is 0 Å². The van der Waals surface area contributed by atoms with Gasteiger partial charge < -0.3 is 15.1 Å². The SMILES string of the molecule is CCCNC1CCC(N(C)CCN2CCCC2)C1. The van der Waals surface area contributed by atoms with Gasteiger partial charge in [0.1, 0.15) is 0 Å². The first-order chi connectivity index (χ1) is 8.79. The summed E-state index contributed by atoms with van der Waals surface area (Å²) in [6.07, 6.45) is 8.20. The van der Waals surface area contributed by atoms with Crippen LogP contribution in [-0.4, -0.2) is 61.7 Å². The van der Waals surface area contributed by atoms with Crippen LogP contribution < -0.4 is 5.32 Å². The summed E-state index contributed by atoms with van der Waals surface area (Å²) < 4.78 is 0. The van der Waals surface area contributed by atoms with Crippen LogP contribution in [0, 0.1) is 0 Å². The molecule has 106 valence electrons. The molecule has 3 heteroatoms. The van der Waals surface area contributed by atoms with Gasteiger partial charge >= 0.3 is 0 Å². The van der Waals surface area contributed by atoms with Crippen LogP contribution in [0.1, 0.15) is 45.4 Å². The minimum Gasteiger partial charge on any atom is -0.314 e. The van der Waals surface area contributed by atoms with E-state index < -0.39 is 0 Å². The number of hydrogen-bond acceptors (Lipinski definition) is 3. The molecule has 1 N–H and O–H groups in total. The summed E-state index contributed by atoms with van der Waals surface area (Å²) >= 11 is 0. The van der Waals surface area contributed by atoms with E-state index in [4.69, 9.17) is 0 Å². The zero-order valence-corrected chi connectivity index (χ0v) is 12.3. The lowest BCUT2D eigenvalue weighted by Gasteiger charge is -2.27. The summed E-state index contributed by atoms with van der Waals surface area (Å²) in [5.74, 6) is 0. The van der Waals surface area contributed by atoms with Gasteiger partial charge in [-0.05, 0) is 65.2 Å². The lowest BCUT2D eigenvalue weighted by molar-refractivity contribution is 0.205. The minimum absolute atomic E-state index is 0.782. The zero-order valence-electron chi connectivity index (χ0n) is 12.3. The fraction of sp³-hybridized carbons (Fsp3) is 1.00. The van der Waals surface area contributed by atoms with Crippen LogP contribution in [0.3, 0.4) is 0 Å². The second-order valence-corrected chi connectivity index (χ2v) is 6.15. The first-order valence-electron chi connectivity index (χ1n) is 7.95. The number of likely N-dealkylation sites (tertiary alicyclic amines) is 1. The smallest absolute Gasteiger partial charge is 0.0109 e. The summed E-state index contributed by atoms with van der Waals surface area (Å²) in [7, 11) is 2.32. The quantitative estimate of drug-likeness (QED) is 0.748. The van der Waals surface area contributed by atoms with Crippen molar-refractivity contribution in [3.05, 3.63) is 0 Å². The highest BCUT2D eigenvalue weighted by Crippen LogP contribution is 2.23. The molecule has 2 fully saturated rings. The van der Waals surface area contributed by atoms with E-state index in [1.807, 2.05) is 0 Å². The van der Waals surface area contributed by atoms with Gasteiger partial charge in [-0.25, -0.2) is 0 Å². The molecule has 18 heavy (non-hydrogen) atoms. The molecule has 0 aromatic heterocycles. The summed E-state index contributed by atoms with van der Waals surface area (Å²) in [6, 6.07) is 1.60. The molecule has 2 aliphatic rings. The van der Waals surface area contributed by atoms with Crippen molar-refractivity contribution in [1.82, 2.24) is 15.1 Å². The first kappa shape index (κ1) is 14.3. The monoisotopic (exact) mass is 253 g/mol. The number of nitrogens with one attached hydrogen (secondary N) is 1. The molecular weight excluding hydrogens is 222 g/mol.